The predicted octanol–water partition coefficient (Wildman–Crippen LogP) is 1.62. The Balaban J connectivity index is 2.34. The van der Waals surface area contributed by atoms with Crippen molar-refractivity contribution >= 4 is 5.82 Å². The molecule has 2 aromatic heterocycles. The van der Waals surface area contributed by atoms with Gasteiger partial charge in [0, 0.05) is 30.1 Å². The minimum atomic E-state index is 0.662. The SMILES string of the molecule is CCc1nc(Cc2cccnc2)nc(NN)c1C. The third-order valence-corrected chi connectivity index (χ3v) is 2.85. The average molecular weight is 243 g/mol. The van der Waals surface area contributed by atoms with Crippen LogP contribution >= 0.6 is 0 Å². The molecule has 3 N–H and O–H groups in total. The number of rotatable bonds is 4. The van der Waals surface area contributed by atoms with Gasteiger partial charge in [0.2, 0.25) is 0 Å². The Morgan fingerprint density at radius 2 is 2.17 bits per heavy atom. The zero-order valence-electron chi connectivity index (χ0n) is 10.6. The summed E-state index contributed by atoms with van der Waals surface area (Å²) in [4.78, 5) is 13.1. The van der Waals surface area contributed by atoms with Gasteiger partial charge in [-0.25, -0.2) is 15.8 Å². The molecule has 94 valence electrons. The van der Waals surface area contributed by atoms with E-state index < -0.39 is 0 Å². The van der Waals surface area contributed by atoms with E-state index in [2.05, 4.69) is 27.3 Å². The number of nitrogen functional groups attached to an aromatic ring is 1. The van der Waals surface area contributed by atoms with Gasteiger partial charge >= 0.3 is 0 Å². The summed E-state index contributed by atoms with van der Waals surface area (Å²) in [5.41, 5.74) is 5.75. The lowest BCUT2D eigenvalue weighted by Gasteiger charge is -2.10. The van der Waals surface area contributed by atoms with Crippen LogP contribution in [0.5, 0.6) is 0 Å². The van der Waals surface area contributed by atoms with Crippen molar-refractivity contribution in [1.29, 1.82) is 0 Å². The molecule has 0 radical (unpaired) electrons. The summed E-state index contributed by atoms with van der Waals surface area (Å²) in [5.74, 6) is 6.94. The molecule has 0 aliphatic heterocycles. The number of anilines is 1. The summed E-state index contributed by atoms with van der Waals surface area (Å²) >= 11 is 0. The first-order chi connectivity index (χ1) is 8.74. The Hall–Kier alpha value is -2.01. The fraction of sp³-hybridized carbons (Fsp3) is 0.308. The second-order valence-electron chi connectivity index (χ2n) is 4.10. The van der Waals surface area contributed by atoms with Crippen LogP contribution in [0.15, 0.2) is 24.5 Å². The number of nitrogens with zero attached hydrogens (tertiary/aromatic N) is 3. The molecule has 2 aromatic rings. The predicted molar refractivity (Wildman–Crippen MR) is 71.0 cm³/mol. The smallest absolute Gasteiger partial charge is 0.146 e. The number of aromatic nitrogens is 3. The molecule has 0 aliphatic carbocycles. The summed E-state index contributed by atoms with van der Waals surface area (Å²) in [6, 6.07) is 3.92. The Labute approximate surface area is 106 Å². The van der Waals surface area contributed by atoms with Gasteiger partial charge < -0.3 is 5.43 Å². The Morgan fingerprint density at radius 3 is 2.78 bits per heavy atom. The van der Waals surface area contributed by atoms with E-state index in [0.29, 0.717) is 12.2 Å². The Morgan fingerprint density at radius 1 is 1.33 bits per heavy atom. The van der Waals surface area contributed by atoms with Crippen molar-refractivity contribution in [3.8, 4) is 0 Å². The summed E-state index contributed by atoms with van der Waals surface area (Å²) in [7, 11) is 0. The number of hydrazine groups is 1. The van der Waals surface area contributed by atoms with Gasteiger partial charge in [0.05, 0.1) is 0 Å². The number of nitrogens with one attached hydrogen (secondary N) is 1. The molecule has 5 nitrogen and oxygen atoms in total. The number of pyridine rings is 1. The minimum absolute atomic E-state index is 0.662. The highest BCUT2D eigenvalue weighted by atomic mass is 15.3. The van der Waals surface area contributed by atoms with Gasteiger partial charge in [-0.3, -0.25) is 4.98 Å². The Kier molecular flexibility index (Phi) is 3.84. The fourth-order valence-corrected chi connectivity index (χ4v) is 1.86. The average Bonchev–Trinajstić information content (AvgIpc) is 2.41. The maximum Gasteiger partial charge on any atom is 0.146 e. The summed E-state index contributed by atoms with van der Waals surface area (Å²) in [5, 5.41) is 0. The molecule has 0 fully saturated rings. The lowest BCUT2D eigenvalue weighted by atomic mass is 10.1. The highest BCUT2D eigenvalue weighted by molar-refractivity contribution is 5.45. The van der Waals surface area contributed by atoms with Crippen molar-refractivity contribution < 1.29 is 0 Å². The molecule has 0 amide bonds. The second kappa shape index (κ2) is 5.55. The highest BCUT2D eigenvalue weighted by Crippen LogP contribution is 2.16. The van der Waals surface area contributed by atoms with Crippen LogP contribution in [-0.2, 0) is 12.8 Å². The van der Waals surface area contributed by atoms with Crippen molar-refractivity contribution in [1.82, 2.24) is 15.0 Å². The molecule has 0 saturated carbocycles. The molecule has 0 aromatic carbocycles. The number of nitrogens with two attached hydrogens (primary N) is 1. The molecule has 2 rings (SSSR count). The maximum absolute atomic E-state index is 5.48. The van der Waals surface area contributed by atoms with Crippen LogP contribution in [0, 0.1) is 6.92 Å². The minimum Gasteiger partial charge on any atom is -0.308 e. The van der Waals surface area contributed by atoms with Crippen molar-refractivity contribution in [3.05, 3.63) is 47.2 Å². The van der Waals surface area contributed by atoms with Crippen LogP contribution in [0.2, 0.25) is 0 Å². The van der Waals surface area contributed by atoms with Crippen molar-refractivity contribution in [2.24, 2.45) is 5.84 Å². The molecule has 2 heterocycles. The van der Waals surface area contributed by atoms with E-state index >= 15 is 0 Å². The van der Waals surface area contributed by atoms with Gasteiger partial charge in [-0.1, -0.05) is 13.0 Å². The third-order valence-electron chi connectivity index (χ3n) is 2.85. The van der Waals surface area contributed by atoms with Crippen molar-refractivity contribution in [2.45, 2.75) is 26.7 Å². The van der Waals surface area contributed by atoms with Gasteiger partial charge in [0.15, 0.2) is 0 Å². The van der Waals surface area contributed by atoms with Gasteiger partial charge in [-0.05, 0) is 25.0 Å². The molecule has 0 unspecified atom stereocenters. The maximum atomic E-state index is 5.48. The highest BCUT2D eigenvalue weighted by Gasteiger charge is 2.09. The number of hydrogen-bond donors (Lipinski definition) is 2. The van der Waals surface area contributed by atoms with E-state index in [-0.39, 0.29) is 0 Å². The fourth-order valence-electron chi connectivity index (χ4n) is 1.86. The van der Waals surface area contributed by atoms with Gasteiger partial charge in [-0.2, -0.15) is 0 Å². The van der Waals surface area contributed by atoms with Gasteiger partial charge in [-0.15, -0.1) is 0 Å². The van der Waals surface area contributed by atoms with Crippen molar-refractivity contribution in [3.63, 3.8) is 0 Å². The second-order valence-corrected chi connectivity index (χ2v) is 4.10. The van der Waals surface area contributed by atoms with Crippen LogP contribution in [0.25, 0.3) is 0 Å². The van der Waals surface area contributed by atoms with E-state index in [4.69, 9.17) is 5.84 Å². The molecule has 18 heavy (non-hydrogen) atoms. The van der Waals surface area contributed by atoms with Gasteiger partial charge in [0.1, 0.15) is 11.6 Å². The van der Waals surface area contributed by atoms with E-state index in [1.54, 1.807) is 6.20 Å². The summed E-state index contributed by atoms with van der Waals surface area (Å²) < 4.78 is 0. The zero-order chi connectivity index (χ0) is 13.0. The molecule has 0 saturated heterocycles. The first-order valence-electron chi connectivity index (χ1n) is 5.96. The normalized spacial score (nSPS) is 10.4. The monoisotopic (exact) mass is 243 g/mol. The summed E-state index contributed by atoms with van der Waals surface area (Å²) in [6.45, 7) is 4.05. The van der Waals surface area contributed by atoms with Crippen LogP contribution in [0.1, 0.15) is 29.6 Å². The molecule has 0 bridgehead atoms. The number of aryl methyl sites for hydroxylation is 1. The molecule has 0 atom stereocenters. The van der Waals surface area contributed by atoms with E-state index in [9.17, 15) is 0 Å². The first-order valence-corrected chi connectivity index (χ1v) is 5.96. The van der Waals surface area contributed by atoms with Crippen molar-refractivity contribution in [2.75, 3.05) is 5.43 Å². The van der Waals surface area contributed by atoms with Crippen LogP contribution in [0.4, 0.5) is 5.82 Å². The molecule has 0 aliphatic rings. The van der Waals surface area contributed by atoms with Crippen LogP contribution < -0.4 is 11.3 Å². The van der Waals surface area contributed by atoms with E-state index in [0.717, 1.165) is 29.1 Å². The van der Waals surface area contributed by atoms with E-state index in [1.807, 2.05) is 25.3 Å². The third kappa shape index (κ3) is 2.62. The quantitative estimate of drug-likeness (QED) is 0.630. The largest absolute Gasteiger partial charge is 0.308 e. The topological polar surface area (TPSA) is 76.7 Å². The molecular formula is C13H17N5. The first kappa shape index (κ1) is 12.4. The number of hydrogen-bond acceptors (Lipinski definition) is 5. The molecular weight excluding hydrogens is 226 g/mol. The molecule has 0 spiro atoms. The molecule has 5 heteroatoms. The van der Waals surface area contributed by atoms with Crippen LogP contribution in [0.3, 0.4) is 0 Å². The lowest BCUT2D eigenvalue weighted by Crippen LogP contribution is -2.14. The van der Waals surface area contributed by atoms with Crippen LogP contribution in [-0.4, -0.2) is 15.0 Å². The summed E-state index contributed by atoms with van der Waals surface area (Å²) in [6.07, 6.45) is 5.10. The zero-order valence-corrected chi connectivity index (χ0v) is 10.6. The Bertz CT molecular complexity index is 499. The lowest BCUT2D eigenvalue weighted by molar-refractivity contribution is 0.886. The standard InChI is InChI=1S/C13H17N5/c1-3-11-9(2)13(18-14)17-12(16-11)7-10-5-4-6-15-8-10/h4-6,8H,3,7,14H2,1-2H3,(H,16,17,18). The van der Waals surface area contributed by atoms with E-state index in [1.165, 1.54) is 0 Å². The van der Waals surface area contributed by atoms with Gasteiger partial charge in [0.25, 0.3) is 0 Å².